The molecule has 0 amide bonds. The van der Waals surface area contributed by atoms with Crippen molar-refractivity contribution in [1.82, 2.24) is 0 Å². The molecule has 4 heteroatoms. The van der Waals surface area contributed by atoms with Gasteiger partial charge in [-0.25, -0.2) is 0 Å². The first-order chi connectivity index (χ1) is 8.50. The number of carbonyl (C=O) groups excluding carboxylic acids is 1. The second-order valence-electron chi connectivity index (χ2n) is 7.18. The molecular formula is C16H27NO3. The monoisotopic (exact) mass is 281 g/mol. The van der Waals surface area contributed by atoms with E-state index in [2.05, 4.69) is 20.8 Å². The van der Waals surface area contributed by atoms with Crippen LogP contribution in [-0.2, 0) is 5.41 Å². The average Bonchev–Trinajstić information content (AvgIpc) is 2.24. The summed E-state index contributed by atoms with van der Waals surface area (Å²) in [6.45, 7) is 6.82. The minimum absolute atomic E-state index is 0. The number of rotatable bonds is 4. The van der Waals surface area contributed by atoms with Crippen molar-refractivity contribution in [3.8, 4) is 0 Å². The predicted molar refractivity (Wildman–Crippen MR) is 80.3 cm³/mol. The van der Waals surface area contributed by atoms with Crippen molar-refractivity contribution in [2.45, 2.75) is 32.3 Å². The molecule has 1 aromatic rings. The molecule has 1 atom stereocenters. The van der Waals surface area contributed by atoms with E-state index in [1.165, 1.54) is 5.56 Å². The number of quaternary nitrogens is 1. The van der Waals surface area contributed by atoms with E-state index in [0.717, 1.165) is 0 Å². The summed E-state index contributed by atoms with van der Waals surface area (Å²) in [7, 11) is 5.87. The van der Waals surface area contributed by atoms with Crippen LogP contribution in [0.4, 0.5) is 0 Å². The van der Waals surface area contributed by atoms with Crippen molar-refractivity contribution >= 4 is 5.78 Å². The number of benzene rings is 1. The summed E-state index contributed by atoms with van der Waals surface area (Å²) in [5, 5.41) is 9.97. The Balaban J connectivity index is 0.00000361. The molecule has 4 nitrogen and oxygen atoms in total. The third-order valence-corrected chi connectivity index (χ3v) is 3.06. The second kappa shape index (κ2) is 6.48. The Morgan fingerprint density at radius 2 is 1.60 bits per heavy atom. The highest BCUT2D eigenvalue weighted by Gasteiger charge is 2.24. The van der Waals surface area contributed by atoms with Crippen LogP contribution in [0.15, 0.2) is 24.3 Å². The zero-order valence-electron chi connectivity index (χ0n) is 13.3. The molecule has 1 aromatic carbocycles. The van der Waals surface area contributed by atoms with Gasteiger partial charge >= 0.3 is 0 Å². The SMILES string of the molecule is CC(C)(C)c1ccc(C(=O)C(O)C[N+](C)(C)C)cc1.[OH-]. The van der Waals surface area contributed by atoms with E-state index in [-0.39, 0.29) is 16.7 Å². The molecule has 0 aromatic heterocycles. The minimum Gasteiger partial charge on any atom is -0.870 e. The number of aliphatic hydroxyl groups excluding tert-OH is 1. The first-order valence-corrected chi connectivity index (χ1v) is 6.64. The number of hydrogen-bond donors (Lipinski definition) is 1. The molecule has 0 aliphatic heterocycles. The quantitative estimate of drug-likeness (QED) is 0.678. The highest BCUT2D eigenvalue weighted by Crippen LogP contribution is 2.22. The molecule has 0 aliphatic rings. The number of ketones is 1. The molecule has 0 bridgehead atoms. The van der Waals surface area contributed by atoms with Crippen molar-refractivity contribution in [1.29, 1.82) is 0 Å². The van der Waals surface area contributed by atoms with E-state index in [1.54, 1.807) is 0 Å². The zero-order valence-corrected chi connectivity index (χ0v) is 13.3. The van der Waals surface area contributed by atoms with Crippen LogP contribution in [0.2, 0.25) is 0 Å². The fourth-order valence-electron chi connectivity index (χ4n) is 1.93. The molecule has 0 spiro atoms. The number of hydrogen-bond acceptors (Lipinski definition) is 3. The lowest BCUT2D eigenvalue weighted by molar-refractivity contribution is -0.872. The maximum atomic E-state index is 12.1. The fourth-order valence-corrected chi connectivity index (χ4v) is 1.93. The number of nitrogens with zero attached hydrogens (tertiary/aromatic N) is 1. The van der Waals surface area contributed by atoms with Crippen molar-refractivity contribution < 1.29 is 19.9 Å². The van der Waals surface area contributed by atoms with Gasteiger partial charge in [-0.05, 0) is 11.0 Å². The standard InChI is InChI=1S/C16H26NO2.H2O/c1-16(2,3)13-9-7-12(8-10-13)15(19)14(18)11-17(4,5)6;/h7-10,14,18H,11H2,1-6H3;1H2/q+1;/p-1. The van der Waals surface area contributed by atoms with Crippen molar-refractivity contribution in [2.75, 3.05) is 27.7 Å². The van der Waals surface area contributed by atoms with Gasteiger partial charge in [-0.15, -0.1) is 0 Å². The highest BCUT2D eigenvalue weighted by molar-refractivity contribution is 5.99. The second-order valence-corrected chi connectivity index (χ2v) is 7.18. The average molecular weight is 281 g/mol. The van der Waals surface area contributed by atoms with Gasteiger partial charge in [0.15, 0.2) is 11.9 Å². The van der Waals surface area contributed by atoms with Gasteiger partial charge in [-0.3, -0.25) is 4.79 Å². The van der Waals surface area contributed by atoms with Gasteiger partial charge in [0.25, 0.3) is 0 Å². The van der Waals surface area contributed by atoms with Gasteiger partial charge in [0.2, 0.25) is 0 Å². The molecule has 1 unspecified atom stereocenters. The summed E-state index contributed by atoms with van der Waals surface area (Å²) in [5.41, 5.74) is 1.83. The summed E-state index contributed by atoms with van der Waals surface area (Å²) >= 11 is 0. The Hall–Kier alpha value is -1.23. The van der Waals surface area contributed by atoms with Gasteiger partial charge in [0.1, 0.15) is 6.54 Å². The van der Waals surface area contributed by atoms with Gasteiger partial charge in [-0.2, -0.15) is 0 Å². The van der Waals surface area contributed by atoms with E-state index >= 15 is 0 Å². The van der Waals surface area contributed by atoms with Crippen molar-refractivity contribution in [3.05, 3.63) is 35.4 Å². The van der Waals surface area contributed by atoms with E-state index in [0.29, 0.717) is 16.6 Å². The summed E-state index contributed by atoms with van der Waals surface area (Å²) in [5.74, 6) is -0.200. The lowest BCUT2D eigenvalue weighted by Crippen LogP contribution is -2.44. The molecule has 1 rings (SSSR count). The van der Waals surface area contributed by atoms with E-state index < -0.39 is 6.10 Å². The Kier molecular flexibility index (Phi) is 6.08. The third kappa shape index (κ3) is 5.41. The first kappa shape index (κ1) is 18.8. The summed E-state index contributed by atoms with van der Waals surface area (Å²) in [4.78, 5) is 12.1. The van der Waals surface area contributed by atoms with E-state index in [9.17, 15) is 9.90 Å². The van der Waals surface area contributed by atoms with E-state index in [1.807, 2.05) is 45.4 Å². The molecule has 0 saturated heterocycles. The van der Waals surface area contributed by atoms with Crippen LogP contribution >= 0.6 is 0 Å². The minimum atomic E-state index is -0.944. The molecule has 2 N–H and O–H groups in total. The Morgan fingerprint density at radius 3 is 1.95 bits per heavy atom. The Labute approximate surface area is 121 Å². The largest absolute Gasteiger partial charge is 0.870 e. The van der Waals surface area contributed by atoms with Crippen molar-refractivity contribution in [3.63, 3.8) is 0 Å². The van der Waals surface area contributed by atoms with Crippen LogP contribution < -0.4 is 0 Å². The van der Waals surface area contributed by atoms with Crippen LogP contribution in [0.1, 0.15) is 36.7 Å². The molecule has 0 fully saturated rings. The molecule has 0 heterocycles. The molecule has 114 valence electrons. The first-order valence-electron chi connectivity index (χ1n) is 6.64. The summed E-state index contributed by atoms with van der Waals surface area (Å²) in [6, 6.07) is 7.54. The molecule has 0 saturated carbocycles. The van der Waals surface area contributed by atoms with Gasteiger partial charge in [-0.1, -0.05) is 45.0 Å². The van der Waals surface area contributed by atoms with Crippen LogP contribution in [0.3, 0.4) is 0 Å². The number of aliphatic hydroxyl groups is 1. The molecule has 0 radical (unpaired) electrons. The maximum Gasteiger partial charge on any atom is 0.197 e. The van der Waals surface area contributed by atoms with Crippen LogP contribution in [-0.4, -0.2) is 54.6 Å². The lowest BCUT2D eigenvalue weighted by Gasteiger charge is -2.26. The Morgan fingerprint density at radius 1 is 1.15 bits per heavy atom. The highest BCUT2D eigenvalue weighted by atomic mass is 16.3. The number of carbonyl (C=O) groups is 1. The third-order valence-electron chi connectivity index (χ3n) is 3.06. The van der Waals surface area contributed by atoms with Crippen LogP contribution in [0, 0.1) is 0 Å². The summed E-state index contributed by atoms with van der Waals surface area (Å²) in [6.07, 6.45) is -0.944. The zero-order chi connectivity index (χ0) is 14.8. The molecule has 20 heavy (non-hydrogen) atoms. The maximum absolute atomic E-state index is 12.1. The molecule has 0 aliphatic carbocycles. The smallest absolute Gasteiger partial charge is 0.197 e. The number of likely N-dealkylation sites (N-methyl/N-ethyl adjacent to an activating group) is 1. The Bertz CT molecular complexity index is 438. The van der Waals surface area contributed by atoms with Gasteiger partial charge in [0, 0.05) is 5.56 Å². The topological polar surface area (TPSA) is 67.3 Å². The fraction of sp³-hybridized carbons (Fsp3) is 0.562. The summed E-state index contributed by atoms with van der Waals surface area (Å²) < 4.78 is 0.562. The molecular weight excluding hydrogens is 254 g/mol. The van der Waals surface area contributed by atoms with Gasteiger partial charge < -0.3 is 15.1 Å². The normalized spacial score (nSPS) is 13.6. The van der Waals surface area contributed by atoms with Crippen molar-refractivity contribution in [2.24, 2.45) is 0 Å². The predicted octanol–water partition coefficient (Wildman–Crippen LogP) is 2.06. The van der Waals surface area contributed by atoms with Crippen LogP contribution in [0.5, 0.6) is 0 Å². The van der Waals surface area contributed by atoms with Gasteiger partial charge in [0.05, 0.1) is 21.1 Å². The van der Waals surface area contributed by atoms with Crippen LogP contribution in [0.25, 0.3) is 0 Å². The van der Waals surface area contributed by atoms with E-state index in [4.69, 9.17) is 0 Å². The number of Topliss-reactive ketones (excluding diaryl/α,β-unsaturated/α-hetero) is 1. The lowest BCUT2D eigenvalue weighted by atomic mass is 9.86.